The van der Waals surface area contributed by atoms with Gasteiger partial charge in [0, 0.05) is 7.11 Å². The topological polar surface area (TPSA) is 46.5 Å². The molecular formula is C11H20O3. The first-order valence-electron chi connectivity index (χ1n) is 5.38. The zero-order valence-electron chi connectivity index (χ0n) is 9.03. The van der Waals surface area contributed by atoms with Crippen LogP contribution in [0.1, 0.15) is 39.0 Å². The fourth-order valence-electron chi connectivity index (χ4n) is 2.27. The van der Waals surface area contributed by atoms with Crippen LogP contribution in [0.4, 0.5) is 0 Å². The minimum atomic E-state index is -0.627. The van der Waals surface area contributed by atoms with Crippen molar-refractivity contribution in [2.45, 2.75) is 51.2 Å². The van der Waals surface area contributed by atoms with Gasteiger partial charge in [-0.3, -0.25) is 4.79 Å². The van der Waals surface area contributed by atoms with E-state index in [9.17, 15) is 9.90 Å². The summed E-state index contributed by atoms with van der Waals surface area (Å²) in [6.45, 7) is 1.47. The van der Waals surface area contributed by atoms with Gasteiger partial charge in [-0.25, -0.2) is 0 Å². The van der Waals surface area contributed by atoms with Crippen molar-refractivity contribution in [2.75, 3.05) is 7.11 Å². The number of Topliss-reactive ketones (excluding diaryl/α,β-unsaturated/α-hetero) is 1. The highest BCUT2D eigenvalue weighted by Crippen LogP contribution is 2.28. The zero-order valence-corrected chi connectivity index (χ0v) is 9.03. The van der Waals surface area contributed by atoms with Gasteiger partial charge in [0.05, 0.1) is 6.10 Å². The molecule has 2 atom stereocenters. The number of aliphatic hydroxyl groups excluding tert-OH is 1. The van der Waals surface area contributed by atoms with E-state index in [2.05, 4.69) is 0 Å². The predicted octanol–water partition coefficient (Wildman–Crippen LogP) is 1.53. The van der Waals surface area contributed by atoms with Gasteiger partial charge in [-0.1, -0.05) is 19.3 Å². The highest BCUT2D eigenvalue weighted by atomic mass is 16.5. The van der Waals surface area contributed by atoms with Gasteiger partial charge in [-0.15, -0.1) is 0 Å². The SMILES string of the molecule is CO[C@H](C(C)=O)[C@@H](O)C1CCCCC1. The van der Waals surface area contributed by atoms with E-state index in [4.69, 9.17) is 4.74 Å². The summed E-state index contributed by atoms with van der Waals surface area (Å²) in [7, 11) is 1.48. The van der Waals surface area contributed by atoms with E-state index >= 15 is 0 Å². The molecule has 1 aliphatic carbocycles. The van der Waals surface area contributed by atoms with Gasteiger partial charge in [0.15, 0.2) is 5.78 Å². The highest BCUT2D eigenvalue weighted by Gasteiger charge is 2.31. The lowest BCUT2D eigenvalue weighted by Crippen LogP contribution is -2.40. The molecule has 0 saturated heterocycles. The number of aliphatic hydroxyl groups is 1. The average molecular weight is 200 g/mol. The normalized spacial score (nSPS) is 23.1. The molecule has 1 rings (SSSR count). The summed E-state index contributed by atoms with van der Waals surface area (Å²) in [5.74, 6) is 0.170. The van der Waals surface area contributed by atoms with E-state index in [1.807, 2.05) is 0 Å². The lowest BCUT2D eigenvalue weighted by Gasteiger charge is -2.30. The van der Waals surface area contributed by atoms with Crippen LogP contribution in [0.2, 0.25) is 0 Å². The summed E-state index contributed by atoms with van der Waals surface area (Å²) in [5, 5.41) is 9.96. The highest BCUT2D eigenvalue weighted by molar-refractivity contribution is 5.81. The monoisotopic (exact) mass is 200 g/mol. The molecule has 3 heteroatoms. The Labute approximate surface area is 85.5 Å². The molecule has 82 valence electrons. The van der Waals surface area contributed by atoms with Gasteiger partial charge in [0.1, 0.15) is 6.10 Å². The third-order valence-corrected chi connectivity index (χ3v) is 3.10. The van der Waals surface area contributed by atoms with Crippen molar-refractivity contribution >= 4 is 5.78 Å². The first-order valence-corrected chi connectivity index (χ1v) is 5.38. The van der Waals surface area contributed by atoms with Crippen LogP contribution in [-0.2, 0) is 9.53 Å². The molecular weight excluding hydrogens is 180 g/mol. The van der Waals surface area contributed by atoms with Gasteiger partial charge in [0.2, 0.25) is 0 Å². The second-order valence-electron chi connectivity index (χ2n) is 4.16. The molecule has 0 aliphatic heterocycles. The number of rotatable bonds is 4. The van der Waals surface area contributed by atoms with E-state index in [1.54, 1.807) is 0 Å². The molecule has 0 heterocycles. The van der Waals surface area contributed by atoms with E-state index < -0.39 is 12.2 Å². The second kappa shape index (κ2) is 5.47. The molecule has 0 aromatic heterocycles. The number of ether oxygens (including phenoxy) is 1. The molecule has 0 radical (unpaired) electrons. The maximum absolute atomic E-state index is 11.2. The van der Waals surface area contributed by atoms with E-state index in [0.29, 0.717) is 0 Å². The Bertz CT molecular complexity index is 185. The standard InChI is InChI=1S/C11H20O3/c1-8(12)11(14-2)10(13)9-6-4-3-5-7-9/h9-11,13H,3-7H2,1-2H3/t10-,11+/m0/s1. The minimum absolute atomic E-state index is 0.0782. The van der Waals surface area contributed by atoms with Gasteiger partial charge >= 0.3 is 0 Å². The fourth-order valence-corrected chi connectivity index (χ4v) is 2.27. The van der Waals surface area contributed by atoms with Crippen molar-refractivity contribution in [3.63, 3.8) is 0 Å². The van der Waals surface area contributed by atoms with Crippen LogP contribution in [0.3, 0.4) is 0 Å². The lowest BCUT2D eigenvalue weighted by atomic mass is 9.82. The summed E-state index contributed by atoms with van der Waals surface area (Å²) < 4.78 is 5.03. The van der Waals surface area contributed by atoms with Gasteiger partial charge in [-0.05, 0) is 25.7 Å². The molecule has 0 unspecified atom stereocenters. The summed E-state index contributed by atoms with van der Waals surface area (Å²) in [6, 6.07) is 0. The molecule has 0 spiro atoms. The number of carbonyl (C=O) groups is 1. The molecule has 3 nitrogen and oxygen atoms in total. The molecule has 14 heavy (non-hydrogen) atoms. The van der Waals surface area contributed by atoms with Crippen LogP contribution in [0.5, 0.6) is 0 Å². The van der Waals surface area contributed by atoms with Crippen LogP contribution in [0.25, 0.3) is 0 Å². The third kappa shape index (κ3) is 2.79. The smallest absolute Gasteiger partial charge is 0.161 e. The average Bonchev–Trinajstić information content (AvgIpc) is 2.19. The number of hydrogen-bond donors (Lipinski definition) is 1. The molecule has 0 amide bonds. The molecule has 0 aromatic rings. The van der Waals surface area contributed by atoms with Crippen LogP contribution in [0.15, 0.2) is 0 Å². The molecule has 1 saturated carbocycles. The van der Waals surface area contributed by atoms with Crippen molar-refractivity contribution in [3.05, 3.63) is 0 Å². The summed E-state index contributed by atoms with van der Waals surface area (Å²) in [4.78, 5) is 11.2. The molecule has 1 fully saturated rings. The van der Waals surface area contributed by atoms with Crippen molar-refractivity contribution in [1.29, 1.82) is 0 Å². The summed E-state index contributed by atoms with van der Waals surface area (Å²) in [6.07, 6.45) is 4.38. The van der Waals surface area contributed by atoms with Crippen LogP contribution in [-0.4, -0.2) is 30.2 Å². The van der Waals surface area contributed by atoms with Crippen molar-refractivity contribution in [2.24, 2.45) is 5.92 Å². The van der Waals surface area contributed by atoms with Gasteiger partial charge in [-0.2, -0.15) is 0 Å². The first-order chi connectivity index (χ1) is 6.66. The molecule has 1 N–H and O–H groups in total. The van der Waals surface area contributed by atoms with Crippen molar-refractivity contribution < 1.29 is 14.6 Å². The molecule has 0 aromatic carbocycles. The van der Waals surface area contributed by atoms with Crippen LogP contribution < -0.4 is 0 Å². The number of carbonyl (C=O) groups excluding carboxylic acids is 1. The quantitative estimate of drug-likeness (QED) is 0.748. The third-order valence-electron chi connectivity index (χ3n) is 3.10. The number of ketones is 1. The Morgan fingerprint density at radius 1 is 1.36 bits per heavy atom. The maximum Gasteiger partial charge on any atom is 0.161 e. The Hall–Kier alpha value is -0.410. The van der Waals surface area contributed by atoms with Gasteiger partial charge < -0.3 is 9.84 Å². The maximum atomic E-state index is 11.2. The van der Waals surface area contributed by atoms with E-state index in [1.165, 1.54) is 20.5 Å². The largest absolute Gasteiger partial charge is 0.390 e. The summed E-state index contributed by atoms with van der Waals surface area (Å²) in [5.41, 5.74) is 0. The zero-order chi connectivity index (χ0) is 10.6. The molecule has 1 aliphatic rings. The van der Waals surface area contributed by atoms with Crippen molar-refractivity contribution in [1.82, 2.24) is 0 Å². The fraction of sp³-hybridized carbons (Fsp3) is 0.909. The Morgan fingerprint density at radius 3 is 2.36 bits per heavy atom. The van der Waals surface area contributed by atoms with E-state index in [0.717, 1.165) is 25.7 Å². The minimum Gasteiger partial charge on any atom is -0.390 e. The molecule has 0 bridgehead atoms. The Kier molecular flexibility index (Phi) is 4.55. The predicted molar refractivity (Wildman–Crippen MR) is 54.1 cm³/mol. The van der Waals surface area contributed by atoms with Gasteiger partial charge in [0.25, 0.3) is 0 Å². The Morgan fingerprint density at radius 2 is 1.93 bits per heavy atom. The first kappa shape index (κ1) is 11.7. The van der Waals surface area contributed by atoms with Crippen molar-refractivity contribution in [3.8, 4) is 0 Å². The van der Waals surface area contributed by atoms with Crippen LogP contribution in [0, 0.1) is 5.92 Å². The second-order valence-corrected chi connectivity index (χ2v) is 4.16. The summed E-state index contributed by atoms with van der Waals surface area (Å²) >= 11 is 0. The number of methoxy groups -OCH3 is 1. The van der Waals surface area contributed by atoms with E-state index in [-0.39, 0.29) is 11.7 Å². The Balaban J connectivity index is 2.51. The van der Waals surface area contributed by atoms with Crippen LogP contribution >= 0.6 is 0 Å². The lowest BCUT2D eigenvalue weighted by molar-refractivity contribution is -0.136. The number of hydrogen-bond acceptors (Lipinski definition) is 3.